The predicted molar refractivity (Wildman–Crippen MR) is 57.9 cm³/mol. The molecule has 1 unspecified atom stereocenters. The molecule has 2 heterocycles. The molecule has 1 atom stereocenters. The van der Waals surface area contributed by atoms with Gasteiger partial charge in [-0.3, -0.25) is 10.1 Å². The van der Waals surface area contributed by atoms with E-state index >= 15 is 0 Å². The second-order valence-corrected chi connectivity index (χ2v) is 5.35. The van der Waals surface area contributed by atoms with Gasteiger partial charge in [-0.1, -0.05) is 0 Å². The smallest absolute Gasteiger partial charge is 0.323 e. The fourth-order valence-corrected chi connectivity index (χ4v) is 2.78. The minimum atomic E-state index is -0.710. The third-order valence-corrected chi connectivity index (χ3v) is 4.06. The van der Waals surface area contributed by atoms with Crippen LogP contribution in [-0.2, 0) is 4.79 Å². The number of nitrogens with zero attached hydrogens (tertiary/aromatic N) is 1. The molecule has 0 bridgehead atoms. The summed E-state index contributed by atoms with van der Waals surface area (Å²) in [7, 11) is 2.12. The number of carboxylic acid groups (broad SMARTS) is 1. The van der Waals surface area contributed by atoms with Gasteiger partial charge in [-0.05, 0) is 52.7 Å². The van der Waals surface area contributed by atoms with Crippen LogP contribution in [0.2, 0.25) is 0 Å². The molecule has 86 valence electrons. The molecule has 0 amide bonds. The first-order chi connectivity index (χ1) is 6.96. The van der Waals surface area contributed by atoms with Gasteiger partial charge in [0.1, 0.15) is 5.54 Å². The van der Waals surface area contributed by atoms with E-state index in [9.17, 15) is 4.79 Å². The standard InChI is InChI=1S/C11H20N2O2/c1-10(9(14)15)3-4-11(12-10)5-7-13(2)8-6-11/h12H,3-8H2,1-2H3,(H,14,15). The van der Waals surface area contributed by atoms with Crippen LogP contribution >= 0.6 is 0 Å². The van der Waals surface area contributed by atoms with E-state index in [0.29, 0.717) is 0 Å². The quantitative estimate of drug-likeness (QED) is 0.671. The molecule has 0 aromatic carbocycles. The molecule has 2 fully saturated rings. The summed E-state index contributed by atoms with van der Waals surface area (Å²) >= 11 is 0. The van der Waals surface area contributed by atoms with Gasteiger partial charge >= 0.3 is 5.97 Å². The minimum absolute atomic E-state index is 0.0969. The molecule has 0 aromatic heterocycles. The van der Waals surface area contributed by atoms with E-state index in [1.165, 1.54) is 0 Å². The van der Waals surface area contributed by atoms with Gasteiger partial charge in [-0.2, -0.15) is 0 Å². The number of nitrogens with one attached hydrogen (secondary N) is 1. The maximum Gasteiger partial charge on any atom is 0.323 e. The molecule has 1 spiro atoms. The molecule has 2 aliphatic heterocycles. The fraction of sp³-hybridized carbons (Fsp3) is 0.909. The molecule has 0 aromatic rings. The van der Waals surface area contributed by atoms with Crippen LogP contribution in [-0.4, -0.2) is 47.2 Å². The first kappa shape index (κ1) is 10.9. The van der Waals surface area contributed by atoms with Crippen LogP contribution in [0, 0.1) is 0 Å². The van der Waals surface area contributed by atoms with Crippen molar-refractivity contribution in [1.29, 1.82) is 0 Å². The lowest BCUT2D eigenvalue weighted by molar-refractivity contribution is -0.143. The Morgan fingerprint density at radius 2 is 1.87 bits per heavy atom. The number of aliphatic carboxylic acids is 1. The number of carbonyl (C=O) groups is 1. The number of piperidine rings is 1. The van der Waals surface area contributed by atoms with Crippen molar-refractivity contribution in [2.75, 3.05) is 20.1 Å². The van der Waals surface area contributed by atoms with Crippen molar-refractivity contribution in [3.05, 3.63) is 0 Å². The summed E-state index contributed by atoms with van der Waals surface area (Å²) < 4.78 is 0. The molecule has 0 radical (unpaired) electrons. The van der Waals surface area contributed by atoms with Gasteiger partial charge in [0.15, 0.2) is 0 Å². The van der Waals surface area contributed by atoms with Gasteiger partial charge in [0.25, 0.3) is 0 Å². The zero-order chi connectivity index (χ0) is 11.1. The number of carboxylic acids is 1. The second-order valence-electron chi connectivity index (χ2n) is 5.35. The van der Waals surface area contributed by atoms with Crippen LogP contribution in [0.1, 0.15) is 32.6 Å². The Balaban J connectivity index is 2.05. The molecular formula is C11H20N2O2. The maximum absolute atomic E-state index is 11.1. The maximum atomic E-state index is 11.1. The second kappa shape index (κ2) is 3.46. The number of rotatable bonds is 1. The van der Waals surface area contributed by atoms with Crippen LogP contribution in [0.15, 0.2) is 0 Å². The van der Waals surface area contributed by atoms with Crippen molar-refractivity contribution >= 4 is 5.97 Å². The molecule has 2 rings (SSSR count). The average Bonchev–Trinajstić information content (AvgIpc) is 2.52. The monoisotopic (exact) mass is 212 g/mol. The third kappa shape index (κ3) is 1.88. The Morgan fingerprint density at radius 1 is 1.27 bits per heavy atom. The Labute approximate surface area is 90.6 Å². The van der Waals surface area contributed by atoms with E-state index in [-0.39, 0.29) is 5.54 Å². The van der Waals surface area contributed by atoms with Crippen LogP contribution < -0.4 is 5.32 Å². The highest BCUT2D eigenvalue weighted by Gasteiger charge is 2.49. The van der Waals surface area contributed by atoms with Crippen molar-refractivity contribution < 1.29 is 9.90 Å². The van der Waals surface area contributed by atoms with E-state index in [1.807, 2.05) is 6.92 Å². The Hall–Kier alpha value is -0.610. The van der Waals surface area contributed by atoms with Crippen molar-refractivity contribution in [1.82, 2.24) is 10.2 Å². The predicted octanol–water partition coefficient (Wildman–Crippen LogP) is 0.678. The average molecular weight is 212 g/mol. The molecule has 15 heavy (non-hydrogen) atoms. The van der Waals surface area contributed by atoms with Gasteiger partial charge in [0.05, 0.1) is 0 Å². The van der Waals surface area contributed by atoms with Gasteiger partial charge in [-0.15, -0.1) is 0 Å². The summed E-state index contributed by atoms with van der Waals surface area (Å²) in [6.07, 6.45) is 3.91. The van der Waals surface area contributed by atoms with E-state index < -0.39 is 11.5 Å². The zero-order valence-corrected chi connectivity index (χ0v) is 9.55. The largest absolute Gasteiger partial charge is 0.480 e. The Bertz CT molecular complexity index is 272. The SMILES string of the molecule is CN1CCC2(CC1)CCC(C)(C(=O)O)N2. The van der Waals surface area contributed by atoms with Crippen molar-refractivity contribution in [3.63, 3.8) is 0 Å². The van der Waals surface area contributed by atoms with Crippen LogP contribution in [0.25, 0.3) is 0 Å². The molecule has 0 aliphatic carbocycles. The Kier molecular flexibility index (Phi) is 2.51. The lowest BCUT2D eigenvalue weighted by Gasteiger charge is -2.39. The van der Waals surface area contributed by atoms with E-state index in [4.69, 9.17) is 5.11 Å². The van der Waals surface area contributed by atoms with Crippen LogP contribution in [0.5, 0.6) is 0 Å². The highest BCUT2D eigenvalue weighted by atomic mass is 16.4. The van der Waals surface area contributed by atoms with Gasteiger partial charge in [-0.25, -0.2) is 0 Å². The number of hydrogen-bond donors (Lipinski definition) is 2. The molecular weight excluding hydrogens is 192 g/mol. The lowest BCUT2D eigenvalue weighted by atomic mass is 9.86. The van der Waals surface area contributed by atoms with E-state index in [2.05, 4.69) is 17.3 Å². The molecule has 0 saturated carbocycles. The Morgan fingerprint density at radius 3 is 2.33 bits per heavy atom. The summed E-state index contributed by atoms with van der Waals surface area (Å²) in [4.78, 5) is 13.4. The van der Waals surface area contributed by atoms with E-state index in [0.717, 1.165) is 38.8 Å². The van der Waals surface area contributed by atoms with Crippen molar-refractivity contribution in [2.45, 2.75) is 43.7 Å². The highest BCUT2D eigenvalue weighted by Crippen LogP contribution is 2.37. The summed E-state index contributed by atoms with van der Waals surface area (Å²) in [5, 5.41) is 12.5. The fourth-order valence-electron chi connectivity index (χ4n) is 2.78. The highest BCUT2D eigenvalue weighted by molar-refractivity contribution is 5.79. The van der Waals surface area contributed by atoms with Crippen LogP contribution in [0.4, 0.5) is 0 Å². The lowest BCUT2D eigenvalue weighted by Crippen LogP contribution is -2.56. The first-order valence-electron chi connectivity index (χ1n) is 5.67. The third-order valence-electron chi connectivity index (χ3n) is 4.06. The summed E-state index contributed by atoms with van der Waals surface area (Å²) in [5.41, 5.74) is -0.602. The molecule has 4 nitrogen and oxygen atoms in total. The number of likely N-dealkylation sites (tertiary alicyclic amines) is 1. The van der Waals surface area contributed by atoms with Gasteiger partial charge in [0.2, 0.25) is 0 Å². The first-order valence-corrected chi connectivity index (χ1v) is 5.67. The van der Waals surface area contributed by atoms with Crippen molar-refractivity contribution in [2.24, 2.45) is 0 Å². The van der Waals surface area contributed by atoms with Gasteiger partial charge in [0, 0.05) is 5.54 Å². The molecule has 2 saturated heterocycles. The molecule has 2 aliphatic rings. The van der Waals surface area contributed by atoms with Crippen molar-refractivity contribution in [3.8, 4) is 0 Å². The topological polar surface area (TPSA) is 52.6 Å². The molecule has 2 N–H and O–H groups in total. The summed E-state index contributed by atoms with van der Waals surface area (Å²) in [6, 6.07) is 0. The normalized spacial score (nSPS) is 35.9. The van der Waals surface area contributed by atoms with Crippen LogP contribution in [0.3, 0.4) is 0 Å². The summed E-state index contributed by atoms with van der Waals surface area (Å²) in [6.45, 7) is 3.95. The summed E-state index contributed by atoms with van der Waals surface area (Å²) in [5.74, 6) is -0.710. The molecule has 4 heteroatoms. The number of hydrogen-bond acceptors (Lipinski definition) is 3. The zero-order valence-electron chi connectivity index (χ0n) is 9.55. The van der Waals surface area contributed by atoms with E-state index in [1.54, 1.807) is 0 Å². The van der Waals surface area contributed by atoms with Gasteiger partial charge < -0.3 is 10.0 Å². The minimum Gasteiger partial charge on any atom is -0.480 e.